The van der Waals surface area contributed by atoms with Crippen molar-refractivity contribution in [3.8, 4) is 5.75 Å². The van der Waals surface area contributed by atoms with Crippen LogP contribution in [0, 0.1) is 6.92 Å². The second-order valence-corrected chi connectivity index (χ2v) is 8.98. The normalized spacial score (nSPS) is 11.2. The fourth-order valence-electron chi connectivity index (χ4n) is 2.90. The lowest BCUT2D eigenvalue weighted by Crippen LogP contribution is -2.39. The van der Waals surface area contributed by atoms with Gasteiger partial charge in [-0.05, 0) is 61.0 Å². The zero-order valence-electron chi connectivity index (χ0n) is 18.2. The van der Waals surface area contributed by atoms with E-state index in [2.05, 4.69) is 17.1 Å². The molecule has 0 atom stereocenters. The molecule has 3 aromatic carbocycles. The van der Waals surface area contributed by atoms with Crippen molar-refractivity contribution in [2.24, 2.45) is 5.10 Å². The summed E-state index contributed by atoms with van der Waals surface area (Å²) in [5.74, 6) is 0.119. The van der Waals surface area contributed by atoms with Gasteiger partial charge in [-0.1, -0.05) is 48.6 Å². The van der Waals surface area contributed by atoms with E-state index in [0.29, 0.717) is 18.0 Å². The summed E-state index contributed by atoms with van der Waals surface area (Å²) >= 11 is 0. The summed E-state index contributed by atoms with van der Waals surface area (Å²) in [5, 5.41) is 3.95. The van der Waals surface area contributed by atoms with Crippen LogP contribution in [0.3, 0.4) is 0 Å². The Bertz CT molecular complexity index is 1210. The van der Waals surface area contributed by atoms with Gasteiger partial charge in [0.05, 0.1) is 16.8 Å². The molecule has 0 radical (unpaired) electrons. The smallest absolute Gasteiger partial charge is 0.264 e. The Labute approximate surface area is 194 Å². The first-order valence-electron chi connectivity index (χ1n) is 10.2. The summed E-state index contributed by atoms with van der Waals surface area (Å²) in [6.45, 7) is 5.49. The molecule has 0 aliphatic rings. The minimum Gasteiger partial charge on any atom is -0.490 e. The van der Waals surface area contributed by atoms with Crippen molar-refractivity contribution in [2.45, 2.75) is 11.8 Å². The number of anilines is 1. The third-order valence-electron chi connectivity index (χ3n) is 4.59. The van der Waals surface area contributed by atoms with Crippen molar-refractivity contribution in [1.82, 2.24) is 5.43 Å². The summed E-state index contributed by atoms with van der Waals surface area (Å²) in [6.07, 6.45) is 3.12. The van der Waals surface area contributed by atoms with Gasteiger partial charge in [-0.3, -0.25) is 9.10 Å². The number of amides is 1. The zero-order valence-corrected chi connectivity index (χ0v) is 19.0. The molecule has 1 amide bonds. The molecule has 33 heavy (non-hydrogen) atoms. The lowest BCUT2D eigenvalue weighted by Gasteiger charge is -2.23. The molecule has 0 heterocycles. The first kappa shape index (κ1) is 23.7. The van der Waals surface area contributed by atoms with Crippen LogP contribution >= 0.6 is 0 Å². The molecular weight excluding hydrogens is 438 g/mol. The van der Waals surface area contributed by atoms with Crippen LogP contribution in [0.5, 0.6) is 5.75 Å². The average Bonchev–Trinajstić information content (AvgIpc) is 2.83. The predicted octanol–water partition coefficient (Wildman–Crippen LogP) is 3.91. The number of hydrogen-bond acceptors (Lipinski definition) is 5. The van der Waals surface area contributed by atoms with E-state index in [4.69, 9.17) is 4.74 Å². The number of sulfonamides is 1. The average molecular weight is 464 g/mol. The number of hydrogen-bond donors (Lipinski definition) is 1. The van der Waals surface area contributed by atoms with Crippen molar-refractivity contribution in [1.29, 1.82) is 0 Å². The number of ether oxygens (including phenoxy) is 1. The van der Waals surface area contributed by atoms with Gasteiger partial charge in [-0.15, -0.1) is 0 Å². The van der Waals surface area contributed by atoms with E-state index in [1.54, 1.807) is 72.8 Å². The molecule has 0 unspecified atom stereocenters. The quantitative estimate of drug-likeness (QED) is 0.281. The maximum atomic E-state index is 13.2. The molecule has 1 N–H and O–H groups in total. The Balaban J connectivity index is 1.73. The highest BCUT2D eigenvalue weighted by molar-refractivity contribution is 7.92. The van der Waals surface area contributed by atoms with E-state index < -0.39 is 22.5 Å². The molecule has 3 aromatic rings. The molecule has 0 aromatic heterocycles. The lowest BCUT2D eigenvalue weighted by molar-refractivity contribution is -0.119. The Kier molecular flexibility index (Phi) is 7.99. The van der Waals surface area contributed by atoms with Crippen LogP contribution in [0.25, 0.3) is 0 Å². The first-order valence-corrected chi connectivity index (χ1v) is 11.6. The van der Waals surface area contributed by atoms with Gasteiger partial charge in [0.2, 0.25) is 0 Å². The van der Waals surface area contributed by atoms with Gasteiger partial charge in [0.15, 0.2) is 0 Å². The van der Waals surface area contributed by atoms with Gasteiger partial charge >= 0.3 is 0 Å². The third-order valence-corrected chi connectivity index (χ3v) is 6.38. The minimum absolute atomic E-state index is 0.0978. The summed E-state index contributed by atoms with van der Waals surface area (Å²) in [6, 6.07) is 22.0. The Morgan fingerprint density at radius 1 is 1.03 bits per heavy atom. The SMILES string of the molecule is C=CCOc1ccc(C=NNC(=O)CN(c2ccc(C)cc2)S(=O)(=O)c2ccccc2)cc1. The second kappa shape index (κ2) is 11.1. The summed E-state index contributed by atoms with van der Waals surface area (Å²) in [7, 11) is -3.95. The molecule has 0 saturated carbocycles. The van der Waals surface area contributed by atoms with Crippen molar-refractivity contribution in [3.05, 3.63) is 103 Å². The fourth-order valence-corrected chi connectivity index (χ4v) is 4.34. The molecule has 3 rings (SSSR count). The Morgan fingerprint density at radius 2 is 1.70 bits per heavy atom. The molecular formula is C25H25N3O4S. The zero-order chi connectivity index (χ0) is 23.7. The van der Waals surface area contributed by atoms with Gasteiger partial charge < -0.3 is 4.74 Å². The summed E-state index contributed by atoms with van der Waals surface area (Å²) < 4.78 is 33.0. The van der Waals surface area contributed by atoms with Gasteiger partial charge in [0.1, 0.15) is 18.9 Å². The number of hydrazone groups is 1. The van der Waals surface area contributed by atoms with Crippen molar-refractivity contribution in [2.75, 3.05) is 17.5 Å². The topological polar surface area (TPSA) is 88.1 Å². The molecule has 170 valence electrons. The summed E-state index contributed by atoms with van der Waals surface area (Å²) in [4.78, 5) is 12.7. The van der Waals surface area contributed by atoms with Gasteiger partial charge in [0, 0.05) is 0 Å². The van der Waals surface area contributed by atoms with E-state index in [1.165, 1.54) is 18.3 Å². The largest absolute Gasteiger partial charge is 0.490 e. The number of aryl methyl sites for hydroxylation is 1. The minimum atomic E-state index is -3.95. The van der Waals surface area contributed by atoms with Crippen molar-refractivity contribution >= 4 is 27.8 Å². The fraction of sp³-hybridized carbons (Fsp3) is 0.120. The number of nitrogens with zero attached hydrogens (tertiary/aromatic N) is 2. The molecule has 0 aliphatic carbocycles. The van der Waals surface area contributed by atoms with Crippen LogP contribution in [0.1, 0.15) is 11.1 Å². The second-order valence-electron chi connectivity index (χ2n) is 7.12. The molecule has 0 bridgehead atoms. The number of carbonyl (C=O) groups excluding carboxylic acids is 1. The lowest BCUT2D eigenvalue weighted by atomic mass is 10.2. The van der Waals surface area contributed by atoms with Crippen LogP contribution < -0.4 is 14.5 Å². The van der Waals surface area contributed by atoms with Crippen LogP contribution in [-0.2, 0) is 14.8 Å². The van der Waals surface area contributed by atoms with Crippen LogP contribution in [0.4, 0.5) is 5.69 Å². The van der Waals surface area contributed by atoms with Crippen LogP contribution in [-0.4, -0.2) is 33.7 Å². The molecule has 0 spiro atoms. The Morgan fingerprint density at radius 3 is 2.33 bits per heavy atom. The van der Waals surface area contributed by atoms with Crippen LogP contribution in [0.15, 0.2) is 102 Å². The molecule has 0 aliphatic heterocycles. The molecule has 0 saturated heterocycles. The molecule has 0 fully saturated rings. The van der Waals surface area contributed by atoms with Crippen LogP contribution in [0.2, 0.25) is 0 Å². The Hall–Kier alpha value is -3.91. The third kappa shape index (κ3) is 6.54. The summed E-state index contributed by atoms with van der Waals surface area (Å²) in [5.41, 5.74) is 4.50. The number of nitrogens with one attached hydrogen (secondary N) is 1. The molecule has 7 nitrogen and oxygen atoms in total. The maximum absolute atomic E-state index is 13.2. The molecule has 8 heteroatoms. The number of benzene rings is 3. The van der Waals surface area contributed by atoms with Gasteiger partial charge in [0.25, 0.3) is 15.9 Å². The number of rotatable bonds is 10. The monoisotopic (exact) mass is 463 g/mol. The van der Waals surface area contributed by atoms with Gasteiger partial charge in [-0.2, -0.15) is 5.10 Å². The van der Waals surface area contributed by atoms with E-state index in [-0.39, 0.29) is 4.90 Å². The number of carbonyl (C=O) groups is 1. The van der Waals surface area contributed by atoms with Gasteiger partial charge in [-0.25, -0.2) is 13.8 Å². The standard InChI is InChI=1S/C25H25N3O4S/c1-3-17-32-23-15-11-21(12-16-23)18-26-27-25(29)19-28(22-13-9-20(2)10-14-22)33(30,31)24-7-5-4-6-8-24/h3-16,18H,1,17,19H2,2H3,(H,27,29). The highest BCUT2D eigenvalue weighted by atomic mass is 32.2. The first-order chi connectivity index (χ1) is 15.9. The van der Waals surface area contributed by atoms with Crippen molar-refractivity contribution in [3.63, 3.8) is 0 Å². The predicted molar refractivity (Wildman–Crippen MR) is 130 cm³/mol. The maximum Gasteiger partial charge on any atom is 0.264 e. The highest BCUT2D eigenvalue weighted by Crippen LogP contribution is 2.23. The highest BCUT2D eigenvalue weighted by Gasteiger charge is 2.26. The van der Waals surface area contributed by atoms with E-state index in [0.717, 1.165) is 15.4 Å². The van der Waals surface area contributed by atoms with Crippen molar-refractivity contribution < 1.29 is 17.9 Å². The van der Waals surface area contributed by atoms with E-state index in [9.17, 15) is 13.2 Å². The van der Waals surface area contributed by atoms with E-state index in [1.807, 2.05) is 6.92 Å². The van der Waals surface area contributed by atoms with E-state index >= 15 is 0 Å².